The van der Waals surface area contributed by atoms with Gasteiger partial charge in [0.1, 0.15) is 6.04 Å². The average Bonchev–Trinajstić information content (AvgIpc) is 1.56. The first-order chi connectivity index (χ1) is 4.63. The van der Waals surface area contributed by atoms with E-state index < -0.39 is 12.0 Å². The van der Waals surface area contributed by atoms with Gasteiger partial charge in [-0.25, -0.2) is 4.79 Å². The topological polar surface area (TPSA) is 64.4 Å². The molecule has 1 aliphatic rings. The van der Waals surface area contributed by atoms with Gasteiger partial charge in [0.2, 0.25) is 0 Å². The second-order valence-corrected chi connectivity index (χ2v) is 2.42. The third kappa shape index (κ3) is 0.964. The molecule has 10 heavy (non-hydrogen) atoms. The SMILES string of the molecule is CC(=N)N1CC[C@@H]1C(=O)O. The summed E-state index contributed by atoms with van der Waals surface area (Å²) < 4.78 is 0. The highest BCUT2D eigenvalue weighted by Gasteiger charge is 2.33. The first-order valence-corrected chi connectivity index (χ1v) is 3.17. The molecule has 56 valence electrons. The molecule has 0 saturated carbocycles. The molecule has 0 spiro atoms. The van der Waals surface area contributed by atoms with Crippen LogP contribution in [0.25, 0.3) is 0 Å². The van der Waals surface area contributed by atoms with Crippen LogP contribution in [-0.4, -0.2) is 34.4 Å². The molecule has 1 rings (SSSR count). The first-order valence-electron chi connectivity index (χ1n) is 3.17. The van der Waals surface area contributed by atoms with Gasteiger partial charge in [-0.05, 0) is 13.3 Å². The number of nitrogens with one attached hydrogen (secondary N) is 1. The Morgan fingerprint density at radius 2 is 2.40 bits per heavy atom. The zero-order valence-electron chi connectivity index (χ0n) is 5.79. The lowest BCUT2D eigenvalue weighted by molar-refractivity contribution is -0.145. The Labute approximate surface area is 59.0 Å². The number of rotatable bonds is 1. The van der Waals surface area contributed by atoms with E-state index in [2.05, 4.69) is 0 Å². The fourth-order valence-corrected chi connectivity index (χ4v) is 1.05. The molecule has 0 bridgehead atoms. The number of aliphatic carboxylic acids is 1. The lowest BCUT2D eigenvalue weighted by atomic mass is 10.0. The Morgan fingerprint density at radius 3 is 2.50 bits per heavy atom. The molecular formula is C6H10N2O2. The van der Waals surface area contributed by atoms with E-state index >= 15 is 0 Å². The van der Waals surface area contributed by atoms with E-state index in [0.717, 1.165) is 0 Å². The molecule has 0 aliphatic carbocycles. The van der Waals surface area contributed by atoms with Gasteiger partial charge in [-0.15, -0.1) is 0 Å². The number of amidine groups is 1. The number of carbonyl (C=O) groups is 1. The highest BCUT2D eigenvalue weighted by Crippen LogP contribution is 2.16. The van der Waals surface area contributed by atoms with E-state index in [9.17, 15) is 4.79 Å². The number of hydrogen-bond acceptors (Lipinski definition) is 2. The molecular weight excluding hydrogens is 132 g/mol. The fourth-order valence-electron chi connectivity index (χ4n) is 1.05. The summed E-state index contributed by atoms with van der Waals surface area (Å²) in [5.74, 6) is -0.475. The molecule has 2 N–H and O–H groups in total. The van der Waals surface area contributed by atoms with Crippen molar-refractivity contribution in [3.8, 4) is 0 Å². The molecule has 0 amide bonds. The van der Waals surface area contributed by atoms with E-state index in [1.165, 1.54) is 0 Å². The molecule has 1 atom stereocenters. The standard InChI is InChI=1S/C6H10N2O2/c1-4(7)8-3-2-5(8)6(9)10/h5,7H,2-3H2,1H3,(H,9,10)/t5-/m1/s1. The predicted molar refractivity (Wildman–Crippen MR) is 36.1 cm³/mol. The smallest absolute Gasteiger partial charge is 0.326 e. The van der Waals surface area contributed by atoms with Crippen molar-refractivity contribution in [1.82, 2.24) is 4.90 Å². The Hall–Kier alpha value is -1.06. The minimum atomic E-state index is -0.821. The van der Waals surface area contributed by atoms with Gasteiger partial charge in [0.15, 0.2) is 0 Å². The minimum absolute atomic E-state index is 0.346. The summed E-state index contributed by atoms with van der Waals surface area (Å²) in [5.41, 5.74) is 0. The second kappa shape index (κ2) is 2.28. The van der Waals surface area contributed by atoms with Gasteiger partial charge in [-0.2, -0.15) is 0 Å². The van der Waals surface area contributed by atoms with Crippen molar-refractivity contribution in [1.29, 1.82) is 5.41 Å². The van der Waals surface area contributed by atoms with Gasteiger partial charge < -0.3 is 10.0 Å². The molecule has 4 nitrogen and oxygen atoms in total. The van der Waals surface area contributed by atoms with Crippen LogP contribution < -0.4 is 0 Å². The van der Waals surface area contributed by atoms with Crippen molar-refractivity contribution in [2.24, 2.45) is 0 Å². The number of likely N-dealkylation sites (tertiary alicyclic amines) is 1. The van der Waals surface area contributed by atoms with Crippen LogP contribution in [0.2, 0.25) is 0 Å². The molecule has 4 heteroatoms. The van der Waals surface area contributed by atoms with Crippen LogP contribution in [0.1, 0.15) is 13.3 Å². The van der Waals surface area contributed by atoms with E-state index in [0.29, 0.717) is 18.8 Å². The van der Waals surface area contributed by atoms with Gasteiger partial charge >= 0.3 is 5.97 Å². The maximum Gasteiger partial charge on any atom is 0.326 e. The summed E-state index contributed by atoms with van der Waals surface area (Å²) in [4.78, 5) is 11.9. The van der Waals surface area contributed by atoms with Crippen LogP contribution in [0.5, 0.6) is 0 Å². The second-order valence-electron chi connectivity index (χ2n) is 2.42. The molecule has 0 radical (unpaired) electrons. The van der Waals surface area contributed by atoms with E-state index in [1.54, 1.807) is 11.8 Å². The summed E-state index contributed by atoms with van der Waals surface area (Å²) in [6.07, 6.45) is 0.672. The van der Waals surface area contributed by atoms with Crippen LogP contribution in [0.15, 0.2) is 0 Å². The van der Waals surface area contributed by atoms with Crippen molar-refractivity contribution in [3.63, 3.8) is 0 Å². The van der Waals surface area contributed by atoms with E-state index in [-0.39, 0.29) is 0 Å². The number of carboxylic acid groups (broad SMARTS) is 1. The predicted octanol–water partition coefficient (Wildman–Crippen LogP) is 0.142. The first kappa shape index (κ1) is 7.05. The van der Waals surface area contributed by atoms with Crippen LogP contribution in [0.3, 0.4) is 0 Å². The monoisotopic (exact) mass is 142 g/mol. The van der Waals surface area contributed by atoms with Crippen molar-refractivity contribution in [2.75, 3.05) is 6.54 Å². The lowest BCUT2D eigenvalue weighted by Crippen LogP contribution is -2.54. The number of carboxylic acids is 1. The maximum atomic E-state index is 10.4. The van der Waals surface area contributed by atoms with Crippen LogP contribution in [-0.2, 0) is 4.79 Å². The molecule has 0 aromatic carbocycles. The normalized spacial score (nSPS) is 23.7. The van der Waals surface area contributed by atoms with Crippen LogP contribution >= 0.6 is 0 Å². The Bertz CT molecular complexity index is 159. The molecule has 1 saturated heterocycles. The molecule has 0 aromatic heterocycles. The number of nitrogens with zero attached hydrogens (tertiary/aromatic N) is 1. The molecule has 1 heterocycles. The maximum absolute atomic E-state index is 10.4. The Morgan fingerprint density at radius 1 is 1.80 bits per heavy atom. The molecule has 1 aliphatic heterocycles. The zero-order valence-corrected chi connectivity index (χ0v) is 5.79. The van der Waals surface area contributed by atoms with Gasteiger partial charge in [0.05, 0.1) is 5.84 Å². The van der Waals surface area contributed by atoms with Gasteiger partial charge in [0.25, 0.3) is 0 Å². The molecule has 0 aromatic rings. The third-order valence-electron chi connectivity index (χ3n) is 1.74. The third-order valence-corrected chi connectivity index (χ3v) is 1.74. The summed E-state index contributed by atoms with van der Waals surface area (Å²) in [6.45, 7) is 2.32. The number of hydrogen-bond donors (Lipinski definition) is 2. The molecule has 0 unspecified atom stereocenters. The summed E-state index contributed by atoms with van der Waals surface area (Å²) in [7, 11) is 0. The summed E-state index contributed by atoms with van der Waals surface area (Å²) in [6, 6.07) is -0.433. The van der Waals surface area contributed by atoms with Crippen LogP contribution in [0.4, 0.5) is 0 Å². The van der Waals surface area contributed by atoms with Crippen molar-refractivity contribution >= 4 is 11.8 Å². The highest BCUT2D eigenvalue weighted by atomic mass is 16.4. The average molecular weight is 142 g/mol. The fraction of sp³-hybridized carbons (Fsp3) is 0.667. The van der Waals surface area contributed by atoms with E-state index in [4.69, 9.17) is 10.5 Å². The van der Waals surface area contributed by atoms with Gasteiger partial charge in [-0.1, -0.05) is 0 Å². The highest BCUT2D eigenvalue weighted by molar-refractivity contribution is 5.85. The minimum Gasteiger partial charge on any atom is -0.480 e. The van der Waals surface area contributed by atoms with E-state index in [1.807, 2.05) is 0 Å². The van der Waals surface area contributed by atoms with Crippen molar-refractivity contribution in [2.45, 2.75) is 19.4 Å². The quantitative estimate of drug-likeness (QED) is 0.404. The Kier molecular flexibility index (Phi) is 1.61. The van der Waals surface area contributed by atoms with Gasteiger partial charge in [0, 0.05) is 6.54 Å². The van der Waals surface area contributed by atoms with Crippen molar-refractivity contribution < 1.29 is 9.90 Å². The summed E-state index contributed by atoms with van der Waals surface area (Å²) in [5, 5.41) is 15.7. The zero-order chi connectivity index (χ0) is 7.72. The molecule has 1 fully saturated rings. The van der Waals surface area contributed by atoms with Crippen molar-refractivity contribution in [3.05, 3.63) is 0 Å². The lowest BCUT2D eigenvalue weighted by Gasteiger charge is -2.38. The summed E-state index contributed by atoms with van der Waals surface area (Å²) >= 11 is 0. The largest absolute Gasteiger partial charge is 0.480 e. The van der Waals surface area contributed by atoms with Gasteiger partial charge in [-0.3, -0.25) is 5.41 Å². The Balaban J connectivity index is 2.51. The van der Waals surface area contributed by atoms with Crippen LogP contribution in [0, 0.1) is 5.41 Å².